The number of methoxy groups -OCH3 is 2. The molecule has 10 heteroatoms. The van der Waals surface area contributed by atoms with Gasteiger partial charge >= 0.3 is 0 Å². The molecule has 0 aliphatic heterocycles. The first-order chi connectivity index (χ1) is 16.8. The third-order valence-corrected chi connectivity index (χ3v) is 6.86. The summed E-state index contributed by atoms with van der Waals surface area (Å²) in [7, 11) is -1.15. The van der Waals surface area contributed by atoms with Crippen molar-refractivity contribution in [3.8, 4) is 17.2 Å². The summed E-state index contributed by atoms with van der Waals surface area (Å²) in [5.74, 6) is 0.606. The zero-order chi connectivity index (χ0) is 25.4. The van der Waals surface area contributed by atoms with E-state index in [9.17, 15) is 13.2 Å². The van der Waals surface area contributed by atoms with Crippen molar-refractivity contribution in [2.75, 3.05) is 26.1 Å². The minimum atomic E-state index is -4.03. The molecular weight excluding hydrogens is 492 g/mol. The average molecular weight is 519 g/mol. The lowest BCUT2D eigenvalue weighted by molar-refractivity contribution is -0.117. The Hall–Kier alpha value is -3.27. The lowest BCUT2D eigenvalue weighted by Gasteiger charge is -2.20. The number of hydrogen-bond acceptors (Lipinski definition) is 6. The van der Waals surface area contributed by atoms with Gasteiger partial charge in [-0.1, -0.05) is 41.9 Å². The number of anilines is 1. The van der Waals surface area contributed by atoms with Crippen LogP contribution in [0, 0.1) is 0 Å². The summed E-state index contributed by atoms with van der Waals surface area (Å²) < 4.78 is 44.7. The molecule has 1 atom stereocenters. The van der Waals surface area contributed by atoms with E-state index in [1.807, 2.05) is 37.3 Å². The summed E-state index contributed by atoms with van der Waals surface area (Å²) in [5, 5.41) is 3.04. The van der Waals surface area contributed by atoms with Gasteiger partial charge in [0.05, 0.1) is 36.4 Å². The van der Waals surface area contributed by atoms with Crippen LogP contribution >= 0.6 is 11.6 Å². The Morgan fingerprint density at radius 1 is 0.971 bits per heavy atom. The van der Waals surface area contributed by atoms with Gasteiger partial charge in [-0.15, -0.1) is 0 Å². The first-order valence-corrected chi connectivity index (χ1v) is 12.6. The number of carbonyl (C=O) groups is 1. The van der Waals surface area contributed by atoms with Crippen LogP contribution in [0.15, 0.2) is 71.6 Å². The van der Waals surface area contributed by atoms with Crippen LogP contribution in [0.25, 0.3) is 0 Å². The van der Waals surface area contributed by atoms with Gasteiger partial charge in [-0.25, -0.2) is 8.42 Å². The van der Waals surface area contributed by atoms with Gasteiger partial charge in [-0.05, 0) is 43.2 Å². The summed E-state index contributed by atoms with van der Waals surface area (Å²) in [6, 6.07) is 17.0. The Labute approximate surface area is 210 Å². The van der Waals surface area contributed by atoms with Gasteiger partial charge in [0.1, 0.15) is 23.3 Å². The zero-order valence-corrected chi connectivity index (χ0v) is 21.2. The van der Waals surface area contributed by atoms with Gasteiger partial charge in [-0.2, -0.15) is 4.72 Å². The molecule has 0 spiro atoms. The minimum absolute atomic E-state index is 0.0116. The highest BCUT2D eigenvalue weighted by atomic mass is 35.5. The van der Waals surface area contributed by atoms with E-state index in [1.54, 1.807) is 12.1 Å². The van der Waals surface area contributed by atoms with Crippen molar-refractivity contribution in [3.63, 3.8) is 0 Å². The van der Waals surface area contributed by atoms with Crippen molar-refractivity contribution in [1.29, 1.82) is 0 Å². The lowest BCUT2D eigenvalue weighted by atomic mass is 10.1. The number of benzene rings is 3. The van der Waals surface area contributed by atoms with Gasteiger partial charge in [-0.3, -0.25) is 4.79 Å². The third-order valence-electron chi connectivity index (χ3n) is 5.07. The molecule has 0 aliphatic carbocycles. The molecule has 3 rings (SSSR count). The number of amides is 1. The molecule has 0 aromatic heterocycles. The highest BCUT2D eigenvalue weighted by molar-refractivity contribution is 7.89. The highest BCUT2D eigenvalue weighted by Crippen LogP contribution is 2.36. The molecule has 8 nitrogen and oxygen atoms in total. The molecule has 3 aromatic carbocycles. The van der Waals surface area contributed by atoms with Gasteiger partial charge in [0.25, 0.3) is 0 Å². The molecule has 0 fully saturated rings. The molecule has 0 aliphatic rings. The summed E-state index contributed by atoms with van der Waals surface area (Å²) in [6.45, 7) is 2.30. The molecule has 1 amide bonds. The fourth-order valence-corrected chi connectivity index (χ4v) is 4.78. The van der Waals surface area contributed by atoms with E-state index in [-0.39, 0.29) is 17.0 Å². The van der Waals surface area contributed by atoms with Crippen molar-refractivity contribution in [3.05, 3.63) is 77.3 Å². The van der Waals surface area contributed by atoms with Crippen LogP contribution in [0.5, 0.6) is 17.2 Å². The van der Waals surface area contributed by atoms with Crippen molar-refractivity contribution in [1.82, 2.24) is 4.72 Å². The van der Waals surface area contributed by atoms with Crippen LogP contribution in [-0.4, -0.2) is 41.2 Å². The first kappa shape index (κ1) is 26.3. The van der Waals surface area contributed by atoms with Gasteiger partial charge in [0.2, 0.25) is 15.9 Å². The predicted molar refractivity (Wildman–Crippen MR) is 135 cm³/mol. The second kappa shape index (κ2) is 11.9. The minimum Gasteiger partial charge on any atom is -0.495 e. The Morgan fingerprint density at radius 2 is 1.63 bits per heavy atom. The Bertz CT molecular complexity index is 1250. The van der Waals surface area contributed by atoms with E-state index in [2.05, 4.69) is 10.0 Å². The lowest BCUT2D eigenvalue weighted by Crippen LogP contribution is -2.45. The standard InChI is InChI=1S/C25H27ClN2O6S/c1-4-34-18-10-12-19(13-11-18)35(30,31)28-22(14-17-8-6-5-7-9-17)25(29)27-21-16-23(32-2)20(26)15-24(21)33-3/h5-13,15-16,22,28H,4,14H2,1-3H3,(H,27,29)/t22-/m1/s1. The summed E-state index contributed by atoms with van der Waals surface area (Å²) in [5.41, 5.74) is 1.07. The van der Waals surface area contributed by atoms with E-state index < -0.39 is 22.0 Å². The third kappa shape index (κ3) is 6.88. The quantitative estimate of drug-likeness (QED) is 0.392. The summed E-state index contributed by atoms with van der Waals surface area (Å²) >= 11 is 6.15. The Kier molecular flexibility index (Phi) is 8.97. The molecule has 35 heavy (non-hydrogen) atoms. The monoisotopic (exact) mass is 518 g/mol. The molecule has 0 radical (unpaired) electrons. The van der Waals surface area contributed by atoms with Crippen molar-refractivity contribution >= 4 is 33.2 Å². The second-order valence-electron chi connectivity index (χ2n) is 7.44. The van der Waals surface area contributed by atoms with Crippen LogP contribution in [0.3, 0.4) is 0 Å². The Balaban J connectivity index is 1.90. The maximum atomic E-state index is 13.3. The number of halogens is 1. The number of sulfonamides is 1. The summed E-state index contributed by atoms with van der Waals surface area (Å²) in [4.78, 5) is 13.3. The van der Waals surface area contributed by atoms with Crippen LogP contribution in [0.4, 0.5) is 5.69 Å². The van der Waals surface area contributed by atoms with Gasteiger partial charge in [0.15, 0.2) is 0 Å². The molecule has 0 heterocycles. The van der Waals surface area contributed by atoms with E-state index in [4.69, 9.17) is 25.8 Å². The number of ether oxygens (including phenoxy) is 3. The van der Waals surface area contributed by atoms with E-state index in [0.29, 0.717) is 28.9 Å². The smallest absolute Gasteiger partial charge is 0.243 e. The number of nitrogens with one attached hydrogen (secondary N) is 2. The fourth-order valence-electron chi connectivity index (χ4n) is 3.35. The normalized spacial score (nSPS) is 12.0. The average Bonchev–Trinajstić information content (AvgIpc) is 2.85. The molecule has 0 bridgehead atoms. The molecule has 0 saturated carbocycles. The molecular formula is C25H27ClN2O6S. The topological polar surface area (TPSA) is 103 Å². The van der Waals surface area contributed by atoms with Crippen LogP contribution in [0.2, 0.25) is 5.02 Å². The largest absolute Gasteiger partial charge is 0.495 e. The maximum Gasteiger partial charge on any atom is 0.243 e. The number of rotatable bonds is 11. The highest BCUT2D eigenvalue weighted by Gasteiger charge is 2.27. The SMILES string of the molecule is CCOc1ccc(S(=O)(=O)N[C@H](Cc2ccccc2)C(=O)Nc2cc(OC)c(Cl)cc2OC)cc1. The molecule has 2 N–H and O–H groups in total. The van der Waals surface area contributed by atoms with E-state index in [1.165, 1.54) is 38.5 Å². The second-order valence-corrected chi connectivity index (χ2v) is 9.57. The number of carbonyl (C=O) groups excluding carboxylic acids is 1. The summed E-state index contributed by atoms with van der Waals surface area (Å²) in [6.07, 6.45) is 0.121. The van der Waals surface area contributed by atoms with Gasteiger partial charge < -0.3 is 19.5 Å². The van der Waals surface area contributed by atoms with Crippen LogP contribution in [0.1, 0.15) is 12.5 Å². The van der Waals surface area contributed by atoms with E-state index in [0.717, 1.165) is 5.56 Å². The molecule has 3 aromatic rings. The number of hydrogen-bond donors (Lipinski definition) is 2. The van der Waals surface area contributed by atoms with Crippen molar-refractivity contribution < 1.29 is 27.4 Å². The first-order valence-electron chi connectivity index (χ1n) is 10.8. The molecule has 0 saturated heterocycles. The van der Waals surface area contributed by atoms with Crippen LogP contribution in [-0.2, 0) is 21.2 Å². The van der Waals surface area contributed by atoms with Crippen molar-refractivity contribution in [2.45, 2.75) is 24.3 Å². The van der Waals surface area contributed by atoms with E-state index >= 15 is 0 Å². The van der Waals surface area contributed by atoms with Gasteiger partial charge in [0, 0.05) is 12.1 Å². The molecule has 186 valence electrons. The Morgan fingerprint density at radius 3 is 2.23 bits per heavy atom. The zero-order valence-electron chi connectivity index (χ0n) is 19.6. The van der Waals surface area contributed by atoms with Crippen molar-refractivity contribution in [2.24, 2.45) is 0 Å². The fraction of sp³-hybridized carbons (Fsp3) is 0.240. The molecule has 0 unspecified atom stereocenters. The van der Waals surface area contributed by atoms with Crippen LogP contribution < -0.4 is 24.2 Å². The maximum absolute atomic E-state index is 13.3. The predicted octanol–water partition coefficient (Wildman–Crippen LogP) is 4.28.